The molecule has 0 spiro atoms. The fourth-order valence-corrected chi connectivity index (χ4v) is 3.60. The summed E-state index contributed by atoms with van der Waals surface area (Å²) in [6.45, 7) is 4.57. The highest BCUT2D eigenvalue weighted by atomic mass is 19.4. The van der Waals surface area contributed by atoms with Gasteiger partial charge in [0.15, 0.2) is 5.60 Å². The average molecular weight is 556 g/mol. The van der Waals surface area contributed by atoms with Crippen molar-refractivity contribution in [1.29, 1.82) is 0 Å². The Morgan fingerprint density at radius 2 is 1.41 bits per heavy atom. The Hall–Kier alpha value is -3.83. The van der Waals surface area contributed by atoms with Gasteiger partial charge >= 0.3 is 18.3 Å². The first-order valence-electron chi connectivity index (χ1n) is 11.9. The molecule has 210 valence electrons. The van der Waals surface area contributed by atoms with E-state index in [1.807, 2.05) is 6.92 Å². The quantitative estimate of drug-likeness (QED) is 0.286. The zero-order chi connectivity index (χ0) is 29.0. The Balaban J connectivity index is 1.88. The summed E-state index contributed by atoms with van der Waals surface area (Å²) < 4.78 is 85.8. The van der Waals surface area contributed by atoms with Crippen molar-refractivity contribution in [3.63, 3.8) is 0 Å². The van der Waals surface area contributed by atoms with Crippen molar-refractivity contribution in [2.75, 3.05) is 11.4 Å². The molecule has 1 N–H and O–H groups in total. The van der Waals surface area contributed by atoms with E-state index >= 15 is 0 Å². The van der Waals surface area contributed by atoms with Gasteiger partial charge in [0.25, 0.3) is 0 Å². The lowest BCUT2D eigenvalue weighted by molar-refractivity contribution is -0.152. The Labute approximate surface area is 221 Å². The van der Waals surface area contributed by atoms with Crippen molar-refractivity contribution in [3.8, 4) is 5.75 Å². The van der Waals surface area contributed by atoms with E-state index in [0.29, 0.717) is 30.7 Å². The van der Waals surface area contributed by atoms with Crippen LogP contribution in [0.4, 0.5) is 32.3 Å². The zero-order valence-electron chi connectivity index (χ0n) is 21.4. The van der Waals surface area contributed by atoms with Crippen LogP contribution < -0.4 is 9.64 Å². The molecule has 0 saturated heterocycles. The zero-order valence-corrected chi connectivity index (χ0v) is 21.4. The maximum Gasteiger partial charge on any atom is 0.416 e. The highest BCUT2D eigenvalue weighted by Crippen LogP contribution is 2.36. The molecule has 0 aliphatic rings. The van der Waals surface area contributed by atoms with E-state index < -0.39 is 35.0 Å². The number of carboxylic acid groups (broad SMARTS) is 1. The van der Waals surface area contributed by atoms with Crippen LogP contribution in [0.25, 0.3) is 0 Å². The molecule has 0 aliphatic heterocycles. The minimum atomic E-state index is -4.96. The van der Waals surface area contributed by atoms with E-state index in [1.54, 1.807) is 36.7 Å². The number of alkyl halides is 6. The molecular weight excluding hydrogens is 528 g/mol. The van der Waals surface area contributed by atoms with E-state index in [1.165, 1.54) is 18.7 Å². The molecule has 0 amide bonds. The summed E-state index contributed by atoms with van der Waals surface area (Å²) in [5.74, 6) is -0.661. The second-order valence-corrected chi connectivity index (χ2v) is 9.39. The van der Waals surface area contributed by atoms with Crippen molar-refractivity contribution < 1.29 is 41.0 Å². The maximum atomic E-state index is 13.4. The van der Waals surface area contributed by atoms with Crippen molar-refractivity contribution in [2.45, 2.75) is 58.1 Å². The number of nitrogens with zero attached hydrogens (tertiary/aromatic N) is 3. The molecule has 0 saturated carbocycles. The number of aryl methyl sites for hydroxylation is 1. The first kappa shape index (κ1) is 29.7. The van der Waals surface area contributed by atoms with E-state index in [-0.39, 0.29) is 30.7 Å². The Morgan fingerprint density at radius 1 is 0.872 bits per heavy atom. The maximum absolute atomic E-state index is 13.4. The molecule has 2 aromatic carbocycles. The SMILES string of the molecule is CCc1cnc(N(CCc2ccc(OC(C)(C)C(=O)O)cc2)Cc2cc(C(F)(F)F)cc(C(F)(F)F)c2)nc1. The average Bonchev–Trinajstić information content (AvgIpc) is 2.86. The number of rotatable bonds is 10. The largest absolute Gasteiger partial charge is 0.478 e. The van der Waals surface area contributed by atoms with Gasteiger partial charge in [0.05, 0.1) is 11.1 Å². The normalized spacial score (nSPS) is 12.3. The van der Waals surface area contributed by atoms with Gasteiger partial charge in [-0.05, 0) is 73.7 Å². The van der Waals surface area contributed by atoms with Crippen LogP contribution in [0.15, 0.2) is 54.9 Å². The predicted octanol–water partition coefficient (Wildman–Crippen LogP) is 6.57. The number of carboxylic acids is 1. The van der Waals surface area contributed by atoms with Gasteiger partial charge in [-0.1, -0.05) is 19.1 Å². The van der Waals surface area contributed by atoms with Crippen LogP contribution in [-0.2, 0) is 36.5 Å². The van der Waals surface area contributed by atoms with Crippen LogP contribution in [0.2, 0.25) is 0 Å². The fourth-order valence-electron chi connectivity index (χ4n) is 3.60. The van der Waals surface area contributed by atoms with Crippen LogP contribution in [0.1, 0.15) is 48.6 Å². The summed E-state index contributed by atoms with van der Waals surface area (Å²) in [5.41, 5.74) is -2.84. The van der Waals surface area contributed by atoms with Crippen LogP contribution in [0.5, 0.6) is 5.75 Å². The highest BCUT2D eigenvalue weighted by molar-refractivity contribution is 5.76. The van der Waals surface area contributed by atoms with E-state index in [0.717, 1.165) is 11.1 Å². The molecule has 39 heavy (non-hydrogen) atoms. The molecule has 0 fully saturated rings. The van der Waals surface area contributed by atoms with Crippen molar-refractivity contribution in [3.05, 3.63) is 82.7 Å². The number of aromatic nitrogens is 2. The van der Waals surface area contributed by atoms with Crippen molar-refractivity contribution in [1.82, 2.24) is 9.97 Å². The molecule has 0 radical (unpaired) electrons. The third kappa shape index (κ3) is 8.08. The van der Waals surface area contributed by atoms with E-state index in [2.05, 4.69) is 9.97 Å². The van der Waals surface area contributed by atoms with Gasteiger partial charge in [0, 0.05) is 25.5 Å². The van der Waals surface area contributed by atoms with Crippen LogP contribution in [0, 0.1) is 0 Å². The molecule has 1 heterocycles. The van der Waals surface area contributed by atoms with Gasteiger partial charge in [0.1, 0.15) is 5.75 Å². The first-order valence-corrected chi connectivity index (χ1v) is 11.9. The third-order valence-electron chi connectivity index (χ3n) is 5.89. The Morgan fingerprint density at radius 3 is 1.87 bits per heavy atom. The number of aliphatic carboxylic acids is 1. The van der Waals surface area contributed by atoms with Crippen molar-refractivity contribution in [2.24, 2.45) is 0 Å². The van der Waals surface area contributed by atoms with E-state index in [4.69, 9.17) is 4.74 Å². The van der Waals surface area contributed by atoms with Crippen LogP contribution in [0.3, 0.4) is 0 Å². The minimum Gasteiger partial charge on any atom is -0.478 e. The summed E-state index contributed by atoms with van der Waals surface area (Å²) >= 11 is 0. The van der Waals surface area contributed by atoms with Gasteiger partial charge in [-0.2, -0.15) is 26.3 Å². The Bertz CT molecular complexity index is 1240. The monoisotopic (exact) mass is 555 g/mol. The van der Waals surface area contributed by atoms with Gasteiger partial charge < -0.3 is 14.7 Å². The van der Waals surface area contributed by atoms with Crippen LogP contribution in [-0.4, -0.2) is 33.2 Å². The second kappa shape index (κ2) is 11.5. The van der Waals surface area contributed by atoms with E-state index in [9.17, 15) is 36.2 Å². The fraction of sp³-hybridized carbons (Fsp3) is 0.370. The molecule has 0 unspecified atom stereocenters. The summed E-state index contributed by atoms with van der Waals surface area (Å²) in [7, 11) is 0. The lowest BCUT2D eigenvalue weighted by Gasteiger charge is -2.24. The topological polar surface area (TPSA) is 75.6 Å². The molecule has 3 aromatic rings. The number of anilines is 1. The Kier molecular flexibility index (Phi) is 8.77. The molecule has 0 bridgehead atoms. The smallest absolute Gasteiger partial charge is 0.416 e. The molecule has 1 aromatic heterocycles. The predicted molar refractivity (Wildman–Crippen MR) is 131 cm³/mol. The van der Waals surface area contributed by atoms with Gasteiger partial charge in [-0.3, -0.25) is 0 Å². The molecule has 6 nitrogen and oxygen atoms in total. The number of hydrogen-bond acceptors (Lipinski definition) is 5. The number of halogens is 6. The minimum absolute atomic E-state index is 0.0929. The number of carbonyl (C=O) groups is 1. The first-order chi connectivity index (χ1) is 18.1. The number of ether oxygens (including phenoxy) is 1. The molecular formula is C27H27F6N3O3. The van der Waals surface area contributed by atoms with Gasteiger partial charge in [0.2, 0.25) is 5.95 Å². The summed E-state index contributed by atoms with van der Waals surface area (Å²) in [6.07, 6.45) is -5.82. The lowest BCUT2D eigenvalue weighted by atomic mass is 10.0. The summed E-state index contributed by atoms with van der Waals surface area (Å²) in [4.78, 5) is 21.3. The lowest BCUT2D eigenvalue weighted by Crippen LogP contribution is -2.37. The molecule has 0 aliphatic carbocycles. The highest BCUT2D eigenvalue weighted by Gasteiger charge is 2.37. The van der Waals surface area contributed by atoms with Gasteiger partial charge in [-0.25, -0.2) is 14.8 Å². The summed E-state index contributed by atoms with van der Waals surface area (Å²) in [5, 5.41) is 9.22. The number of hydrogen-bond donors (Lipinski definition) is 1. The van der Waals surface area contributed by atoms with Crippen molar-refractivity contribution >= 4 is 11.9 Å². The molecule has 0 atom stereocenters. The van der Waals surface area contributed by atoms with Crippen LogP contribution >= 0.6 is 0 Å². The standard InChI is InChI=1S/C27H27F6N3O3/c1-4-17-14-34-24(35-15-17)36(10-9-18-5-7-22(8-6-18)39-25(2,3)23(37)38)16-19-11-20(26(28,29)30)13-21(12-19)27(31,32)33/h5-8,11-15H,4,9-10,16H2,1-3H3,(H,37,38). The summed E-state index contributed by atoms with van der Waals surface area (Å²) in [6, 6.07) is 8.03. The molecule has 12 heteroatoms. The second-order valence-electron chi connectivity index (χ2n) is 9.39. The molecule has 3 rings (SSSR count). The van der Waals surface area contributed by atoms with Gasteiger partial charge in [-0.15, -0.1) is 0 Å². The third-order valence-corrected chi connectivity index (χ3v) is 5.89. The number of benzene rings is 2.